The Kier molecular flexibility index (Phi) is 4.09. The minimum atomic E-state index is -0.352. The lowest BCUT2D eigenvalue weighted by Gasteiger charge is -2.13. The number of rotatable bonds is 4. The Morgan fingerprint density at radius 2 is 2.15 bits per heavy atom. The Hall–Kier alpha value is -1.88. The predicted molar refractivity (Wildman–Crippen MR) is 72.8 cm³/mol. The second-order valence-electron chi connectivity index (χ2n) is 4.70. The summed E-state index contributed by atoms with van der Waals surface area (Å²) in [4.78, 5) is 36.5. The standard InChI is InChI=1S/C14H14ClNO4/c1-8-5-13(18)16(14(8)19)7-11(17)9-3-4-12(20-2)10(15)6-9/h3-4,6,8H,5,7H2,1-2H3. The van der Waals surface area contributed by atoms with Gasteiger partial charge in [0.15, 0.2) is 5.78 Å². The first-order valence-corrected chi connectivity index (χ1v) is 6.52. The van der Waals surface area contributed by atoms with Gasteiger partial charge in [-0.15, -0.1) is 0 Å². The molecule has 2 amide bonds. The fourth-order valence-corrected chi connectivity index (χ4v) is 2.35. The summed E-state index contributed by atoms with van der Waals surface area (Å²) in [5.74, 6) is -0.830. The number of carbonyl (C=O) groups excluding carboxylic acids is 3. The highest BCUT2D eigenvalue weighted by molar-refractivity contribution is 6.32. The van der Waals surface area contributed by atoms with Crippen molar-refractivity contribution in [3.8, 4) is 5.75 Å². The number of hydrogen-bond donors (Lipinski definition) is 0. The topological polar surface area (TPSA) is 63.7 Å². The van der Waals surface area contributed by atoms with Crippen LogP contribution in [0, 0.1) is 5.92 Å². The average molecular weight is 296 g/mol. The van der Waals surface area contributed by atoms with Crippen LogP contribution in [0.4, 0.5) is 0 Å². The number of halogens is 1. The number of hydrogen-bond acceptors (Lipinski definition) is 4. The lowest BCUT2D eigenvalue weighted by molar-refractivity contribution is -0.138. The third-order valence-electron chi connectivity index (χ3n) is 3.24. The van der Waals surface area contributed by atoms with E-state index in [1.54, 1.807) is 19.1 Å². The van der Waals surface area contributed by atoms with E-state index in [2.05, 4.69) is 0 Å². The second kappa shape index (κ2) is 5.63. The van der Waals surface area contributed by atoms with Crippen molar-refractivity contribution in [2.75, 3.05) is 13.7 Å². The van der Waals surface area contributed by atoms with E-state index >= 15 is 0 Å². The molecule has 5 nitrogen and oxygen atoms in total. The van der Waals surface area contributed by atoms with E-state index in [1.165, 1.54) is 13.2 Å². The largest absolute Gasteiger partial charge is 0.495 e. The molecular weight excluding hydrogens is 282 g/mol. The summed E-state index contributed by atoms with van der Waals surface area (Å²) in [6.45, 7) is 1.43. The highest BCUT2D eigenvalue weighted by Gasteiger charge is 2.36. The van der Waals surface area contributed by atoms with Gasteiger partial charge >= 0.3 is 0 Å². The Balaban J connectivity index is 2.15. The summed E-state index contributed by atoms with van der Waals surface area (Å²) in [7, 11) is 1.48. The molecule has 0 N–H and O–H groups in total. The molecule has 1 aliphatic heterocycles. The predicted octanol–water partition coefficient (Wildman–Crippen LogP) is 1.93. The van der Waals surface area contributed by atoms with E-state index in [0.717, 1.165) is 4.90 Å². The van der Waals surface area contributed by atoms with Crippen molar-refractivity contribution in [3.63, 3.8) is 0 Å². The quantitative estimate of drug-likeness (QED) is 0.629. The molecule has 106 valence electrons. The zero-order chi connectivity index (χ0) is 14.9. The Labute approximate surface area is 121 Å². The lowest BCUT2D eigenvalue weighted by Crippen LogP contribution is -2.35. The van der Waals surface area contributed by atoms with E-state index in [-0.39, 0.29) is 36.5 Å². The molecule has 0 aromatic heterocycles. The maximum Gasteiger partial charge on any atom is 0.232 e. The second-order valence-corrected chi connectivity index (χ2v) is 5.10. The first kappa shape index (κ1) is 14.5. The van der Waals surface area contributed by atoms with E-state index in [0.29, 0.717) is 16.3 Å². The van der Waals surface area contributed by atoms with Crippen molar-refractivity contribution in [3.05, 3.63) is 28.8 Å². The van der Waals surface area contributed by atoms with Gasteiger partial charge in [-0.05, 0) is 18.2 Å². The van der Waals surface area contributed by atoms with E-state index in [4.69, 9.17) is 16.3 Å². The SMILES string of the molecule is COc1ccc(C(=O)CN2C(=O)CC(C)C2=O)cc1Cl. The molecule has 6 heteroatoms. The first-order chi connectivity index (χ1) is 9.43. The molecule has 0 aliphatic carbocycles. The minimum absolute atomic E-state index is 0.162. The van der Waals surface area contributed by atoms with Crippen LogP contribution in [-0.2, 0) is 9.59 Å². The van der Waals surface area contributed by atoms with Crippen LogP contribution in [0.25, 0.3) is 0 Å². The van der Waals surface area contributed by atoms with Crippen LogP contribution in [0.3, 0.4) is 0 Å². The summed E-state index contributed by atoms with van der Waals surface area (Å²) in [6, 6.07) is 4.60. The van der Waals surface area contributed by atoms with Gasteiger partial charge in [0.25, 0.3) is 0 Å². The molecule has 1 saturated heterocycles. The molecule has 0 bridgehead atoms. The van der Waals surface area contributed by atoms with E-state index in [9.17, 15) is 14.4 Å². The van der Waals surface area contributed by atoms with E-state index < -0.39 is 0 Å². The number of carbonyl (C=O) groups is 3. The molecule has 1 aromatic rings. The minimum Gasteiger partial charge on any atom is -0.495 e. The van der Waals surface area contributed by atoms with Crippen molar-refractivity contribution in [1.29, 1.82) is 0 Å². The van der Waals surface area contributed by atoms with Crippen molar-refractivity contribution in [1.82, 2.24) is 4.90 Å². The smallest absolute Gasteiger partial charge is 0.232 e. The first-order valence-electron chi connectivity index (χ1n) is 6.15. The normalized spacial score (nSPS) is 18.6. The molecule has 1 fully saturated rings. The van der Waals surface area contributed by atoms with Crippen LogP contribution in [0.5, 0.6) is 5.75 Å². The number of imide groups is 1. The molecule has 20 heavy (non-hydrogen) atoms. The molecule has 1 aromatic carbocycles. The number of benzene rings is 1. The molecule has 2 rings (SSSR count). The van der Waals surface area contributed by atoms with Gasteiger partial charge in [-0.2, -0.15) is 0 Å². The number of Topliss-reactive ketones (excluding diaryl/α,β-unsaturated/α-hetero) is 1. The van der Waals surface area contributed by atoms with Crippen LogP contribution in [0.2, 0.25) is 5.02 Å². The third kappa shape index (κ3) is 2.67. The average Bonchev–Trinajstić information content (AvgIpc) is 2.65. The number of methoxy groups -OCH3 is 1. The Morgan fingerprint density at radius 1 is 1.45 bits per heavy atom. The summed E-state index contributed by atoms with van der Waals surface area (Å²) >= 11 is 5.95. The molecule has 1 heterocycles. The number of amides is 2. The highest BCUT2D eigenvalue weighted by Crippen LogP contribution is 2.26. The number of ether oxygens (including phenoxy) is 1. The fourth-order valence-electron chi connectivity index (χ4n) is 2.09. The van der Waals surface area contributed by atoms with Gasteiger partial charge in [-0.1, -0.05) is 18.5 Å². The number of ketones is 1. The maximum atomic E-state index is 12.1. The Bertz CT molecular complexity index is 585. The molecule has 0 radical (unpaired) electrons. The fraction of sp³-hybridized carbons (Fsp3) is 0.357. The third-order valence-corrected chi connectivity index (χ3v) is 3.54. The summed E-state index contributed by atoms with van der Waals surface area (Å²) in [5.41, 5.74) is 0.343. The monoisotopic (exact) mass is 295 g/mol. The van der Waals surface area contributed by atoms with Crippen LogP contribution in [0.1, 0.15) is 23.7 Å². The lowest BCUT2D eigenvalue weighted by atomic mass is 10.1. The van der Waals surface area contributed by atoms with E-state index in [1.807, 2.05) is 0 Å². The van der Waals surface area contributed by atoms with Crippen LogP contribution in [-0.4, -0.2) is 36.2 Å². The van der Waals surface area contributed by atoms with Gasteiger partial charge in [-0.25, -0.2) is 0 Å². The summed E-state index contributed by atoms with van der Waals surface area (Å²) in [5, 5.41) is 0.311. The number of nitrogens with zero attached hydrogens (tertiary/aromatic N) is 1. The summed E-state index contributed by atoms with van der Waals surface area (Å²) < 4.78 is 5.00. The van der Waals surface area contributed by atoms with Crippen LogP contribution < -0.4 is 4.74 Å². The van der Waals surface area contributed by atoms with Gasteiger partial charge in [0.05, 0.1) is 18.7 Å². The van der Waals surface area contributed by atoms with Crippen LogP contribution >= 0.6 is 11.6 Å². The van der Waals surface area contributed by atoms with Gasteiger partial charge in [0.2, 0.25) is 11.8 Å². The molecule has 0 spiro atoms. The zero-order valence-electron chi connectivity index (χ0n) is 11.2. The van der Waals surface area contributed by atoms with Crippen molar-refractivity contribution in [2.45, 2.75) is 13.3 Å². The zero-order valence-corrected chi connectivity index (χ0v) is 11.9. The highest BCUT2D eigenvalue weighted by atomic mass is 35.5. The molecule has 1 aliphatic rings. The Morgan fingerprint density at radius 3 is 2.65 bits per heavy atom. The van der Waals surface area contributed by atoms with Crippen molar-refractivity contribution < 1.29 is 19.1 Å². The van der Waals surface area contributed by atoms with Crippen molar-refractivity contribution >= 4 is 29.2 Å². The van der Waals surface area contributed by atoms with Gasteiger partial charge in [0, 0.05) is 17.9 Å². The summed E-state index contributed by atoms with van der Waals surface area (Å²) in [6.07, 6.45) is 0.162. The number of likely N-dealkylation sites (tertiary alicyclic amines) is 1. The molecule has 1 atom stereocenters. The maximum absolute atomic E-state index is 12.1. The van der Waals surface area contributed by atoms with Gasteiger partial charge in [-0.3, -0.25) is 19.3 Å². The van der Waals surface area contributed by atoms with Crippen LogP contribution in [0.15, 0.2) is 18.2 Å². The molecule has 0 saturated carbocycles. The van der Waals surface area contributed by atoms with Gasteiger partial charge < -0.3 is 4.74 Å². The molecular formula is C14H14ClNO4. The van der Waals surface area contributed by atoms with Gasteiger partial charge in [0.1, 0.15) is 5.75 Å². The van der Waals surface area contributed by atoms with Crippen molar-refractivity contribution in [2.24, 2.45) is 5.92 Å². The molecule has 1 unspecified atom stereocenters.